The fourth-order valence-electron chi connectivity index (χ4n) is 3.20. The first-order valence-electron chi connectivity index (χ1n) is 8.21. The van der Waals surface area contributed by atoms with Gasteiger partial charge in [0.25, 0.3) is 0 Å². The van der Waals surface area contributed by atoms with Crippen molar-refractivity contribution in [3.05, 3.63) is 35.9 Å². The van der Waals surface area contributed by atoms with Crippen LogP contribution in [-0.4, -0.2) is 43.3 Å². The lowest BCUT2D eigenvalue weighted by Gasteiger charge is -2.32. The number of esters is 1. The van der Waals surface area contributed by atoms with Crippen molar-refractivity contribution >= 4 is 5.97 Å². The fraction of sp³-hybridized carbons (Fsp3) is 0.611. The van der Waals surface area contributed by atoms with Crippen LogP contribution in [0.4, 0.5) is 0 Å². The number of carbonyl (C=O) groups excluding carboxylic acids is 1. The van der Waals surface area contributed by atoms with Crippen LogP contribution < -0.4 is 0 Å². The van der Waals surface area contributed by atoms with E-state index in [4.69, 9.17) is 9.47 Å². The van der Waals surface area contributed by atoms with Gasteiger partial charge in [-0.25, -0.2) is 0 Å². The second-order valence-corrected chi connectivity index (χ2v) is 6.71. The van der Waals surface area contributed by atoms with Crippen molar-refractivity contribution in [2.75, 3.05) is 26.3 Å². The lowest BCUT2D eigenvalue weighted by Crippen LogP contribution is -2.38. The van der Waals surface area contributed by atoms with Gasteiger partial charge in [0.1, 0.15) is 6.10 Å². The van der Waals surface area contributed by atoms with Gasteiger partial charge in [0.2, 0.25) is 0 Å². The first kappa shape index (κ1) is 15.5. The largest absolute Gasteiger partial charge is 0.461 e. The van der Waals surface area contributed by atoms with Crippen LogP contribution in [0.2, 0.25) is 0 Å². The van der Waals surface area contributed by atoms with Gasteiger partial charge < -0.3 is 9.47 Å². The molecular formula is C18H25NO3. The molecule has 0 aliphatic carbocycles. The summed E-state index contributed by atoms with van der Waals surface area (Å²) in [6, 6.07) is 10.4. The van der Waals surface area contributed by atoms with Crippen LogP contribution in [0.3, 0.4) is 0 Å². The Morgan fingerprint density at radius 1 is 1.32 bits per heavy atom. The van der Waals surface area contributed by atoms with Crippen LogP contribution in [-0.2, 0) is 20.8 Å². The molecule has 0 radical (unpaired) electrons. The molecule has 0 saturated carbocycles. The van der Waals surface area contributed by atoms with E-state index in [2.05, 4.69) is 29.2 Å². The molecule has 2 aliphatic heterocycles. The highest BCUT2D eigenvalue weighted by molar-refractivity contribution is 5.76. The third kappa shape index (κ3) is 3.68. The molecule has 2 fully saturated rings. The van der Waals surface area contributed by atoms with Crippen molar-refractivity contribution < 1.29 is 14.3 Å². The molecule has 120 valence electrons. The summed E-state index contributed by atoms with van der Waals surface area (Å²) in [5.74, 6) is -0.0395. The number of carbonyl (C=O) groups is 1. The maximum atomic E-state index is 12.4. The summed E-state index contributed by atoms with van der Waals surface area (Å²) in [7, 11) is 0. The summed E-state index contributed by atoms with van der Waals surface area (Å²) >= 11 is 0. The molecule has 22 heavy (non-hydrogen) atoms. The summed E-state index contributed by atoms with van der Waals surface area (Å²) in [6.07, 6.45) is 2.51. The van der Waals surface area contributed by atoms with E-state index in [-0.39, 0.29) is 17.5 Å². The maximum absolute atomic E-state index is 12.4. The second-order valence-electron chi connectivity index (χ2n) is 6.71. The molecule has 0 bridgehead atoms. The van der Waals surface area contributed by atoms with Crippen molar-refractivity contribution in [1.82, 2.24) is 4.90 Å². The summed E-state index contributed by atoms with van der Waals surface area (Å²) in [4.78, 5) is 14.8. The minimum Gasteiger partial charge on any atom is -0.461 e. The predicted molar refractivity (Wildman–Crippen MR) is 84.4 cm³/mol. The average molecular weight is 303 g/mol. The summed E-state index contributed by atoms with van der Waals surface area (Å²) < 4.78 is 11.1. The van der Waals surface area contributed by atoms with Gasteiger partial charge in [-0.2, -0.15) is 0 Å². The van der Waals surface area contributed by atoms with Crippen molar-refractivity contribution in [3.8, 4) is 0 Å². The van der Waals surface area contributed by atoms with Crippen LogP contribution in [0.15, 0.2) is 30.3 Å². The monoisotopic (exact) mass is 303 g/mol. The Balaban J connectivity index is 1.49. The van der Waals surface area contributed by atoms with Gasteiger partial charge in [0, 0.05) is 32.8 Å². The highest BCUT2D eigenvalue weighted by Gasteiger charge is 2.38. The Labute approximate surface area is 132 Å². The van der Waals surface area contributed by atoms with E-state index in [1.54, 1.807) is 0 Å². The highest BCUT2D eigenvalue weighted by Crippen LogP contribution is 2.32. The van der Waals surface area contributed by atoms with E-state index in [0.29, 0.717) is 13.2 Å². The van der Waals surface area contributed by atoms with Crippen molar-refractivity contribution in [3.63, 3.8) is 0 Å². The van der Waals surface area contributed by atoms with E-state index in [1.807, 2.05) is 13.0 Å². The first-order valence-corrected chi connectivity index (χ1v) is 8.21. The van der Waals surface area contributed by atoms with Gasteiger partial charge in [-0.1, -0.05) is 30.3 Å². The Morgan fingerprint density at radius 2 is 2.05 bits per heavy atom. The molecule has 0 spiro atoms. The van der Waals surface area contributed by atoms with Crippen molar-refractivity contribution in [2.45, 2.75) is 38.8 Å². The number of likely N-dealkylation sites (tertiary alicyclic amines) is 1. The van der Waals surface area contributed by atoms with Gasteiger partial charge in [-0.15, -0.1) is 0 Å². The SMILES string of the molecule is CC1(C(=O)O[C@@H]2CCN(Cc3ccccc3)C2)CCOCC1. The third-order valence-corrected chi connectivity index (χ3v) is 4.84. The van der Waals surface area contributed by atoms with Gasteiger partial charge >= 0.3 is 5.97 Å². The predicted octanol–water partition coefficient (Wildman–Crippen LogP) is 2.62. The van der Waals surface area contributed by atoms with Gasteiger partial charge in [-0.3, -0.25) is 9.69 Å². The maximum Gasteiger partial charge on any atom is 0.312 e. The molecule has 4 nitrogen and oxygen atoms in total. The van der Waals surface area contributed by atoms with E-state index in [1.165, 1.54) is 5.56 Å². The van der Waals surface area contributed by atoms with Crippen LogP contribution in [0.5, 0.6) is 0 Å². The molecule has 0 aromatic heterocycles. The average Bonchev–Trinajstić information content (AvgIpc) is 2.96. The Morgan fingerprint density at radius 3 is 2.77 bits per heavy atom. The molecule has 0 unspecified atom stereocenters. The molecule has 1 aromatic rings. The van der Waals surface area contributed by atoms with Crippen LogP contribution in [0.1, 0.15) is 31.7 Å². The molecule has 2 aliphatic rings. The standard InChI is InChI=1S/C18H25NO3/c1-18(8-11-21-12-9-18)17(20)22-16-7-10-19(14-16)13-15-5-3-2-4-6-15/h2-6,16H,7-14H2,1H3/t16-/m1/s1. The molecule has 1 atom stereocenters. The van der Waals surface area contributed by atoms with E-state index < -0.39 is 0 Å². The zero-order valence-electron chi connectivity index (χ0n) is 13.3. The summed E-state index contributed by atoms with van der Waals surface area (Å²) in [5.41, 5.74) is 0.955. The molecule has 0 amide bonds. The quantitative estimate of drug-likeness (QED) is 0.802. The summed E-state index contributed by atoms with van der Waals surface area (Å²) in [6.45, 7) is 6.10. The Kier molecular flexibility index (Phi) is 4.79. The summed E-state index contributed by atoms with van der Waals surface area (Å²) in [5, 5.41) is 0. The Bertz CT molecular complexity index is 496. The van der Waals surface area contributed by atoms with Gasteiger partial charge in [0.15, 0.2) is 0 Å². The van der Waals surface area contributed by atoms with Crippen molar-refractivity contribution in [1.29, 1.82) is 0 Å². The van der Waals surface area contributed by atoms with Crippen LogP contribution >= 0.6 is 0 Å². The number of hydrogen-bond donors (Lipinski definition) is 0. The molecule has 4 heteroatoms. The Hall–Kier alpha value is -1.39. The van der Waals surface area contributed by atoms with Crippen molar-refractivity contribution in [2.24, 2.45) is 5.41 Å². The molecule has 3 rings (SSSR count). The topological polar surface area (TPSA) is 38.8 Å². The lowest BCUT2D eigenvalue weighted by molar-refractivity contribution is -0.165. The number of nitrogens with zero attached hydrogens (tertiary/aromatic N) is 1. The lowest BCUT2D eigenvalue weighted by atomic mass is 9.82. The smallest absolute Gasteiger partial charge is 0.312 e. The number of ether oxygens (including phenoxy) is 2. The van der Waals surface area contributed by atoms with Gasteiger partial charge in [-0.05, 0) is 31.7 Å². The molecule has 2 saturated heterocycles. The molecular weight excluding hydrogens is 278 g/mol. The minimum absolute atomic E-state index is 0.0379. The zero-order valence-corrected chi connectivity index (χ0v) is 13.3. The van der Waals surface area contributed by atoms with E-state index in [0.717, 1.165) is 38.9 Å². The van der Waals surface area contributed by atoms with Gasteiger partial charge in [0.05, 0.1) is 5.41 Å². The zero-order chi connectivity index (χ0) is 15.4. The number of hydrogen-bond acceptors (Lipinski definition) is 4. The molecule has 0 N–H and O–H groups in total. The first-order chi connectivity index (χ1) is 10.7. The normalized spacial score (nSPS) is 25.0. The number of benzene rings is 1. The number of rotatable bonds is 4. The fourth-order valence-corrected chi connectivity index (χ4v) is 3.20. The second kappa shape index (κ2) is 6.80. The van der Waals surface area contributed by atoms with E-state index in [9.17, 15) is 4.79 Å². The highest BCUT2D eigenvalue weighted by atomic mass is 16.5. The molecule has 2 heterocycles. The minimum atomic E-state index is -0.356. The third-order valence-electron chi connectivity index (χ3n) is 4.84. The van der Waals surface area contributed by atoms with Crippen LogP contribution in [0.25, 0.3) is 0 Å². The van der Waals surface area contributed by atoms with Crippen LogP contribution in [0, 0.1) is 5.41 Å². The van der Waals surface area contributed by atoms with E-state index >= 15 is 0 Å². The molecule has 1 aromatic carbocycles.